The number of hydrogen-bond acceptors (Lipinski definition) is 3. The van der Waals surface area contributed by atoms with Crippen molar-refractivity contribution in [2.24, 2.45) is 0 Å². The van der Waals surface area contributed by atoms with E-state index in [0.717, 1.165) is 22.2 Å². The summed E-state index contributed by atoms with van der Waals surface area (Å²) in [6.07, 6.45) is 1.78. The van der Waals surface area contributed by atoms with Gasteiger partial charge in [-0.2, -0.15) is 0 Å². The molecule has 3 aromatic carbocycles. The monoisotopic (exact) mass is 369 g/mol. The number of nitrogens with zero attached hydrogens (tertiary/aromatic N) is 1. The molecular weight excluding hydrogens is 350 g/mol. The molecule has 1 heterocycles. The van der Waals surface area contributed by atoms with Crippen molar-refractivity contribution in [2.45, 2.75) is 6.54 Å². The van der Waals surface area contributed by atoms with E-state index < -0.39 is 11.6 Å². The van der Waals surface area contributed by atoms with Gasteiger partial charge in [0.25, 0.3) is 0 Å². The number of hydrogen-bond donors (Lipinski definition) is 0. The zero-order valence-electron chi connectivity index (χ0n) is 15.5. The lowest BCUT2D eigenvalue weighted by Crippen LogP contribution is -2.14. The number of para-hydroxylation sites is 1. The number of rotatable bonds is 6. The van der Waals surface area contributed by atoms with Gasteiger partial charge in [-0.1, -0.05) is 60.7 Å². The van der Waals surface area contributed by atoms with Gasteiger partial charge in [0.05, 0.1) is 12.7 Å². The van der Waals surface area contributed by atoms with Crippen LogP contribution in [0.4, 0.5) is 0 Å². The van der Waals surface area contributed by atoms with E-state index in [1.54, 1.807) is 37.6 Å². The number of methoxy groups -OCH3 is 1. The minimum absolute atomic E-state index is 0.402. The molecule has 28 heavy (non-hydrogen) atoms. The average molecular weight is 369 g/mol. The van der Waals surface area contributed by atoms with Gasteiger partial charge in [0.15, 0.2) is 0 Å². The van der Waals surface area contributed by atoms with Crippen LogP contribution in [0.25, 0.3) is 10.9 Å². The van der Waals surface area contributed by atoms with Gasteiger partial charge in [-0.25, -0.2) is 0 Å². The number of ketones is 2. The van der Waals surface area contributed by atoms with Crippen LogP contribution in [0, 0.1) is 0 Å². The van der Waals surface area contributed by atoms with Crippen LogP contribution >= 0.6 is 0 Å². The maximum absolute atomic E-state index is 12.9. The number of Topliss-reactive ketones (excluding diaryl/α,β-unsaturated/α-hetero) is 2. The number of ether oxygens (including phenoxy) is 1. The first-order chi connectivity index (χ1) is 13.7. The fourth-order valence-corrected chi connectivity index (χ4v) is 3.33. The lowest BCUT2D eigenvalue weighted by atomic mass is 10.0. The second-order valence-corrected chi connectivity index (χ2v) is 6.56. The van der Waals surface area contributed by atoms with E-state index in [1.165, 1.54) is 0 Å². The molecule has 0 bridgehead atoms. The van der Waals surface area contributed by atoms with Gasteiger partial charge >= 0.3 is 0 Å². The van der Waals surface area contributed by atoms with Gasteiger partial charge < -0.3 is 9.30 Å². The summed E-state index contributed by atoms with van der Waals surface area (Å²) in [6.45, 7) is 0.595. The summed E-state index contributed by atoms with van der Waals surface area (Å²) in [4.78, 5) is 25.6. The molecule has 0 saturated heterocycles. The van der Waals surface area contributed by atoms with Crippen LogP contribution in [-0.2, 0) is 6.54 Å². The molecule has 0 amide bonds. The second-order valence-electron chi connectivity index (χ2n) is 6.56. The maximum atomic E-state index is 12.9. The zero-order chi connectivity index (χ0) is 19.5. The van der Waals surface area contributed by atoms with Crippen LogP contribution in [0.15, 0.2) is 85.1 Å². The van der Waals surface area contributed by atoms with Gasteiger partial charge in [-0.15, -0.1) is 0 Å². The Morgan fingerprint density at radius 1 is 0.821 bits per heavy atom. The molecule has 0 aliphatic heterocycles. The average Bonchev–Trinajstić information content (AvgIpc) is 3.12. The van der Waals surface area contributed by atoms with E-state index in [2.05, 4.69) is 0 Å². The maximum Gasteiger partial charge on any atom is 0.235 e. The van der Waals surface area contributed by atoms with Crippen molar-refractivity contribution in [3.63, 3.8) is 0 Å². The summed E-state index contributed by atoms with van der Waals surface area (Å²) < 4.78 is 7.21. The fraction of sp³-hybridized carbons (Fsp3) is 0.0833. The third kappa shape index (κ3) is 3.32. The highest BCUT2D eigenvalue weighted by Crippen LogP contribution is 2.24. The van der Waals surface area contributed by atoms with Crippen LogP contribution in [0.5, 0.6) is 5.75 Å². The SMILES string of the molecule is COc1ccc(Cn2cc(C(=O)C(=O)c3ccccc3)c3ccccc32)cc1. The molecular formula is C24H19NO3. The van der Waals surface area contributed by atoms with Crippen molar-refractivity contribution >= 4 is 22.5 Å². The Balaban J connectivity index is 1.71. The Bertz CT molecular complexity index is 1140. The van der Waals surface area contributed by atoms with Crippen LogP contribution < -0.4 is 4.74 Å². The molecule has 4 heteroatoms. The van der Waals surface area contributed by atoms with Gasteiger partial charge in [-0.3, -0.25) is 9.59 Å². The summed E-state index contributed by atoms with van der Waals surface area (Å²) in [5.74, 6) is -0.186. The number of carbonyl (C=O) groups is 2. The predicted octanol–water partition coefficient (Wildman–Crippen LogP) is 4.76. The minimum atomic E-state index is -0.493. The summed E-state index contributed by atoms with van der Waals surface area (Å²) >= 11 is 0. The smallest absolute Gasteiger partial charge is 0.235 e. The topological polar surface area (TPSA) is 48.3 Å². The molecule has 0 radical (unpaired) electrons. The van der Waals surface area contributed by atoms with Crippen molar-refractivity contribution in [3.8, 4) is 5.75 Å². The van der Waals surface area contributed by atoms with Gasteiger partial charge in [0, 0.05) is 29.2 Å². The molecule has 0 saturated carbocycles. The number of carbonyl (C=O) groups excluding carboxylic acids is 2. The van der Waals surface area contributed by atoms with Gasteiger partial charge in [0.2, 0.25) is 11.6 Å². The van der Waals surface area contributed by atoms with Crippen molar-refractivity contribution in [3.05, 3.63) is 102 Å². The first-order valence-corrected chi connectivity index (χ1v) is 9.02. The molecule has 0 fully saturated rings. The van der Waals surface area contributed by atoms with E-state index in [4.69, 9.17) is 4.74 Å². The summed E-state index contributed by atoms with van der Waals surface area (Å²) in [6, 6.07) is 24.1. The highest BCUT2D eigenvalue weighted by molar-refractivity contribution is 6.50. The predicted molar refractivity (Wildman–Crippen MR) is 109 cm³/mol. The molecule has 4 nitrogen and oxygen atoms in total. The Labute approximate surface area is 163 Å². The summed E-state index contributed by atoms with van der Waals surface area (Å²) in [7, 11) is 1.64. The third-order valence-electron chi connectivity index (χ3n) is 4.79. The number of fused-ring (bicyclic) bond motifs is 1. The molecule has 0 N–H and O–H groups in total. The van der Waals surface area contributed by atoms with E-state index in [9.17, 15) is 9.59 Å². The fourth-order valence-electron chi connectivity index (χ4n) is 3.33. The lowest BCUT2D eigenvalue weighted by Gasteiger charge is -2.06. The van der Waals surface area contributed by atoms with E-state index >= 15 is 0 Å². The van der Waals surface area contributed by atoms with E-state index in [1.807, 2.05) is 59.2 Å². The van der Waals surface area contributed by atoms with Crippen LogP contribution in [0.3, 0.4) is 0 Å². The van der Waals surface area contributed by atoms with Crippen LogP contribution in [0.1, 0.15) is 26.3 Å². The minimum Gasteiger partial charge on any atom is -0.497 e. The molecule has 0 unspecified atom stereocenters. The molecule has 138 valence electrons. The molecule has 4 aromatic rings. The normalized spacial score (nSPS) is 10.8. The molecule has 4 rings (SSSR count). The largest absolute Gasteiger partial charge is 0.497 e. The van der Waals surface area contributed by atoms with Crippen LogP contribution in [0.2, 0.25) is 0 Å². The Hall–Kier alpha value is -3.66. The molecule has 0 aliphatic rings. The Morgan fingerprint density at radius 2 is 1.50 bits per heavy atom. The molecule has 0 spiro atoms. The third-order valence-corrected chi connectivity index (χ3v) is 4.79. The standard InChI is InChI=1S/C24H19NO3/c1-28-19-13-11-17(12-14-19)15-25-16-21(20-9-5-6-10-22(20)25)24(27)23(26)18-7-3-2-4-8-18/h2-14,16H,15H2,1H3. The van der Waals surface area contributed by atoms with E-state index in [0.29, 0.717) is 17.7 Å². The quantitative estimate of drug-likeness (QED) is 0.363. The second kappa shape index (κ2) is 7.53. The highest BCUT2D eigenvalue weighted by Gasteiger charge is 2.22. The Kier molecular flexibility index (Phi) is 4.77. The summed E-state index contributed by atoms with van der Waals surface area (Å²) in [5.41, 5.74) is 2.83. The molecule has 1 aromatic heterocycles. The zero-order valence-corrected chi connectivity index (χ0v) is 15.5. The van der Waals surface area contributed by atoms with Crippen molar-refractivity contribution in [1.82, 2.24) is 4.57 Å². The molecule has 0 atom stereocenters. The number of benzene rings is 3. The highest BCUT2D eigenvalue weighted by atomic mass is 16.5. The lowest BCUT2D eigenvalue weighted by molar-refractivity contribution is 0.0818. The van der Waals surface area contributed by atoms with Crippen LogP contribution in [-0.4, -0.2) is 23.2 Å². The van der Waals surface area contributed by atoms with Gasteiger partial charge in [-0.05, 0) is 23.8 Å². The van der Waals surface area contributed by atoms with Crippen molar-refractivity contribution in [1.29, 1.82) is 0 Å². The summed E-state index contributed by atoms with van der Waals surface area (Å²) in [5, 5.41) is 0.783. The van der Waals surface area contributed by atoms with Crippen molar-refractivity contribution < 1.29 is 14.3 Å². The van der Waals surface area contributed by atoms with E-state index in [-0.39, 0.29) is 0 Å². The first kappa shape index (κ1) is 17.7. The molecule has 0 aliphatic carbocycles. The first-order valence-electron chi connectivity index (χ1n) is 9.02. The number of aromatic nitrogens is 1. The Morgan fingerprint density at radius 3 is 2.21 bits per heavy atom. The van der Waals surface area contributed by atoms with Crippen molar-refractivity contribution in [2.75, 3.05) is 7.11 Å². The van der Waals surface area contributed by atoms with Gasteiger partial charge in [0.1, 0.15) is 5.75 Å².